The van der Waals surface area contributed by atoms with Crippen molar-refractivity contribution in [3.05, 3.63) is 69.6 Å². The average molecular weight is 242 g/mol. The molecular formula is C13H10N2OS. The Morgan fingerprint density at radius 2 is 2.06 bits per heavy atom. The van der Waals surface area contributed by atoms with Gasteiger partial charge in [0, 0.05) is 29.8 Å². The molecule has 0 atom stereocenters. The highest BCUT2D eigenvalue weighted by Gasteiger charge is 2.05. The molecule has 1 aromatic carbocycles. The normalized spacial score (nSPS) is 10.8. The molecule has 0 bridgehead atoms. The summed E-state index contributed by atoms with van der Waals surface area (Å²) in [6.45, 7) is 0. The SMILES string of the molecule is O=c1c(Cc2ccccc2)cnc2sccn12. The molecule has 4 heteroatoms. The zero-order valence-electron chi connectivity index (χ0n) is 9.04. The van der Waals surface area contributed by atoms with Crippen LogP contribution < -0.4 is 5.56 Å². The van der Waals surface area contributed by atoms with Gasteiger partial charge in [-0.25, -0.2) is 4.98 Å². The number of nitrogens with zero attached hydrogens (tertiary/aromatic N) is 2. The van der Waals surface area contributed by atoms with E-state index in [0.717, 1.165) is 16.1 Å². The van der Waals surface area contributed by atoms with E-state index in [1.165, 1.54) is 11.3 Å². The summed E-state index contributed by atoms with van der Waals surface area (Å²) in [5.74, 6) is 0. The zero-order chi connectivity index (χ0) is 11.7. The van der Waals surface area contributed by atoms with Gasteiger partial charge in [-0.1, -0.05) is 30.3 Å². The number of thiazole rings is 1. The molecule has 0 radical (unpaired) electrons. The molecule has 0 aliphatic heterocycles. The van der Waals surface area contributed by atoms with Crippen LogP contribution in [0.15, 0.2) is 52.9 Å². The summed E-state index contributed by atoms with van der Waals surface area (Å²) in [7, 11) is 0. The van der Waals surface area contributed by atoms with E-state index in [9.17, 15) is 4.79 Å². The Morgan fingerprint density at radius 1 is 1.24 bits per heavy atom. The van der Waals surface area contributed by atoms with Gasteiger partial charge in [0.1, 0.15) is 0 Å². The highest BCUT2D eigenvalue weighted by atomic mass is 32.1. The lowest BCUT2D eigenvalue weighted by atomic mass is 10.1. The monoisotopic (exact) mass is 242 g/mol. The molecule has 0 saturated heterocycles. The summed E-state index contributed by atoms with van der Waals surface area (Å²) < 4.78 is 1.60. The number of rotatable bonds is 2. The van der Waals surface area contributed by atoms with Crippen LogP contribution in [0.3, 0.4) is 0 Å². The summed E-state index contributed by atoms with van der Waals surface area (Å²) in [6.07, 6.45) is 4.08. The molecule has 0 amide bonds. The van der Waals surface area contributed by atoms with Crippen molar-refractivity contribution < 1.29 is 0 Å². The van der Waals surface area contributed by atoms with E-state index in [2.05, 4.69) is 4.98 Å². The van der Waals surface area contributed by atoms with Crippen LogP contribution in [0.25, 0.3) is 4.96 Å². The first-order chi connectivity index (χ1) is 8.34. The second-order valence-corrected chi connectivity index (χ2v) is 4.68. The van der Waals surface area contributed by atoms with Gasteiger partial charge in [-0.15, -0.1) is 11.3 Å². The fourth-order valence-electron chi connectivity index (χ4n) is 1.80. The Hall–Kier alpha value is -1.94. The van der Waals surface area contributed by atoms with Crippen LogP contribution in [0, 0.1) is 0 Å². The Morgan fingerprint density at radius 3 is 2.88 bits per heavy atom. The van der Waals surface area contributed by atoms with Gasteiger partial charge in [-0.2, -0.15) is 0 Å². The fourth-order valence-corrected chi connectivity index (χ4v) is 2.48. The van der Waals surface area contributed by atoms with Gasteiger partial charge in [-0.05, 0) is 5.56 Å². The predicted octanol–water partition coefficient (Wildman–Crippen LogP) is 2.35. The molecule has 3 rings (SSSR count). The molecule has 0 aliphatic rings. The second kappa shape index (κ2) is 4.14. The van der Waals surface area contributed by atoms with E-state index in [-0.39, 0.29) is 5.56 Å². The van der Waals surface area contributed by atoms with E-state index in [0.29, 0.717) is 6.42 Å². The van der Waals surface area contributed by atoms with E-state index >= 15 is 0 Å². The highest BCUT2D eigenvalue weighted by Crippen LogP contribution is 2.08. The molecule has 2 aromatic heterocycles. The molecule has 0 spiro atoms. The molecular weight excluding hydrogens is 232 g/mol. The van der Waals surface area contributed by atoms with Crippen LogP contribution in [0.4, 0.5) is 0 Å². The number of fused-ring (bicyclic) bond motifs is 1. The quantitative estimate of drug-likeness (QED) is 0.691. The molecule has 0 aliphatic carbocycles. The smallest absolute Gasteiger partial charge is 0.262 e. The molecule has 2 heterocycles. The van der Waals surface area contributed by atoms with E-state index in [4.69, 9.17) is 0 Å². The molecule has 17 heavy (non-hydrogen) atoms. The average Bonchev–Trinajstić information content (AvgIpc) is 2.83. The third-order valence-electron chi connectivity index (χ3n) is 2.65. The summed E-state index contributed by atoms with van der Waals surface area (Å²) in [4.78, 5) is 17.1. The van der Waals surface area contributed by atoms with Gasteiger partial charge in [0.25, 0.3) is 5.56 Å². The van der Waals surface area contributed by atoms with Crippen molar-refractivity contribution in [3.63, 3.8) is 0 Å². The van der Waals surface area contributed by atoms with Crippen LogP contribution in [-0.4, -0.2) is 9.38 Å². The summed E-state index contributed by atoms with van der Waals surface area (Å²) in [5.41, 5.74) is 1.88. The lowest BCUT2D eigenvalue weighted by Crippen LogP contribution is -2.17. The van der Waals surface area contributed by atoms with Crippen LogP contribution in [0.5, 0.6) is 0 Å². The van der Waals surface area contributed by atoms with Crippen LogP contribution in [0.1, 0.15) is 11.1 Å². The van der Waals surface area contributed by atoms with E-state index in [1.54, 1.807) is 16.8 Å². The van der Waals surface area contributed by atoms with Gasteiger partial charge < -0.3 is 0 Å². The Balaban J connectivity index is 2.07. The van der Waals surface area contributed by atoms with Crippen LogP contribution in [0.2, 0.25) is 0 Å². The van der Waals surface area contributed by atoms with Crippen LogP contribution >= 0.6 is 11.3 Å². The standard InChI is InChI=1S/C13H10N2OS/c16-12-11(8-10-4-2-1-3-5-10)9-14-13-15(12)6-7-17-13/h1-7,9H,8H2. The Kier molecular flexibility index (Phi) is 2.49. The molecule has 0 N–H and O–H groups in total. The topological polar surface area (TPSA) is 34.4 Å². The summed E-state index contributed by atoms with van der Waals surface area (Å²) >= 11 is 1.47. The first-order valence-electron chi connectivity index (χ1n) is 5.32. The Bertz CT molecular complexity index is 700. The zero-order valence-corrected chi connectivity index (χ0v) is 9.85. The van der Waals surface area contributed by atoms with Crippen LogP contribution in [-0.2, 0) is 6.42 Å². The largest absolute Gasteiger partial charge is 0.269 e. The molecule has 3 nitrogen and oxygen atoms in total. The number of hydrogen-bond donors (Lipinski definition) is 0. The molecule has 0 saturated carbocycles. The molecule has 3 aromatic rings. The van der Waals surface area contributed by atoms with E-state index in [1.807, 2.05) is 35.7 Å². The first-order valence-corrected chi connectivity index (χ1v) is 6.20. The third kappa shape index (κ3) is 1.87. The van der Waals surface area contributed by atoms with Gasteiger partial charge in [0.15, 0.2) is 4.96 Å². The van der Waals surface area contributed by atoms with Gasteiger partial charge >= 0.3 is 0 Å². The van der Waals surface area contributed by atoms with Crippen molar-refractivity contribution in [1.82, 2.24) is 9.38 Å². The molecule has 0 fully saturated rings. The Labute approximate surface area is 102 Å². The van der Waals surface area contributed by atoms with Crippen molar-refractivity contribution >= 4 is 16.3 Å². The summed E-state index contributed by atoms with van der Waals surface area (Å²) in [6, 6.07) is 9.95. The van der Waals surface area contributed by atoms with Crippen molar-refractivity contribution in [3.8, 4) is 0 Å². The van der Waals surface area contributed by atoms with Crippen molar-refractivity contribution in [2.75, 3.05) is 0 Å². The van der Waals surface area contributed by atoms with Gasteiger partial charge in [0.05, 0.1) is 0 Å². The second-order valence-electron chi connectivity index (χ2n) is 3.81. The molecule has 84 valence electrons. The maximum Gasteiger partial charge on any atom is 0.262 e. The van der Waals surface area contributed by atoms with Gasteiger partial charge in [0.2, 0.25) is 0 Å². The highest BCUT2D eigenvalue weighted by molar-refractivity contribution is 7.15. The first kappa shape index (κ1) is 10.2. The molecule has 0 unspecified atom stereocenters. The fraction of sp³-hybridized carbons (Fsp3) is 0.0769. The van der Waals surface area contributed by atoms with Crippen molar-refractivity contribution in [1.29, 1.82) is 0 Å². The maximum atomic E-state index is 12.1. The van der Waals surface area contributed by atoms with Crippen molar-refractivity contribution in [2.45, 2.75) is 6.42 Å². The van der Waals surface area contributed by atoms with Gasteiger partial charge in [-0.3, -0.25) is 9.20 Å². The minimum atomic E-state index is 0.0279. The maximum absolute atomic E-state index is 12.1. The minimum Gasteiger partial charge on any atom is -0.269 e. The number of hydrogen-bond acceptors (Lipinski definition) is 3. The van der Waals surface area contributed by atoms with Crippen molar-refractivity contribution in [2.24, 2.45) is 0 Å². The van der Waals surface area contributed by atoms with E-state index < -0.39 is 0 Å². The lowest BCUT2D eigenvalue weighted by Gasteiger charge is -2.01. The third-order valence-corrected chi connectivity index (χ3v) is 3.42. The minimum absolute atomic E-state index is 0.0279. The lowest BCUT2D eigenvalue weighted by molar-refractivity contribution is 1.00. The summed E-state index contributed by atoms with van der Waals surface area (Å²) in [5, 5.41) is 1.87. The predicted molar refractivity (Wildman–Crippen MR) is 68.6 cm³/mol. The number of aromatic nitrogens is 2. The number of benzene rings is 1.